The van der Waals surface area contributed by atoms with Gasteiger partial charge >= 0.3 is 5.97 Å². The highest BCUT2D eigenvalue weighted by Gasteiger charge is 2.18. The molecule has 0 aliphatic rings. The van der Waals surface area contributed by atoms with Gasteiger partial charge in [-0.2, -0.15) is 0 Å². The predicted octanol–water partition coefficient (Wildman–Crippen LogP) is 2.60. The fourth-order valence-electron chi connectivity index (χ4n) is 1.32. The molecule has 1 atom stereocenters. The Bertz CT molecular complexity index is 420. The molecule has 0 aliphatic carbocycles. The number of para-hydroxylation sites is 1. The van der Waals surface area contributed by atoms with Crippen LogP contribution in [-0.4, -0.2) is 22.2 Å². The van der Waals surface area contributed by atoms with Crippen LogP contribution in [-0.2, 0) is 9.59 Å². The molecule has 0 aromatic heterocycles. The van der Waals surface area contributed by atoms with E-state index in [-0.39, 0.29) is 5.91 Å². The van der Waals surface area contributed by atoms with Crippen LogP contribution in [0.15, 0.2) is 29.2 Å². The summed E-state index contributed by atoms with van der Waals surface area (Å²) in [7, 11) is 0. The first kappa shape index (κ1) is 13.6. The molecule has 0 saturated heterocycles. The van der Waals surface area contributed by atoms with Crippen molar-refractivity contribution in [2.45, 2.75) is 30.4 Å². The number of aliphatic carboxylic acids is 1. The van der Waals surface area contributed by atoms with Crippen LogP contribution in [0.3, 0.4) is 0 Å². The number of carboxylic acid groups (broad SMARTS) is 1. The van der Waals surface area contributed by atoms with E-state index in [1.54, 1.807) is 12.1 Å². The van der Waals surface area contributed by atoms with Crippen LogP contribution in [0.2, 0.25) is 0 Å². The number of nitrogens with one attached hydrogen (secondary N) is 1. The number of thioether (sulfide) groups is 1. The minimum atomic E-state index is -0.838. The smallest absolute Gasteiger partial charge is 0.316 e. The lowest BCUT2D eigenvalue weighted by Crippen LogP contribution is -2.15. The van der Waals surface area contributed by atoms with Gasteiger partial charge in [0.1, 0.15) is 5.25 Å². The van der Waals surface area contributed by atoms with Crippen molar-refractivity contribution in [3.8, 4) is 0 Å². The highest BCUT2D eigenvalue weighted by atomic mass is 32.2. The van der Waals surface area contributed by atoms with Gasteiger partial charge in [0.05, 0.1) is 5.69 Å². The lowest BCUT2D eigenvalue weighted by Gasteiger charge is -2.13. The predicted molar refractivity (Wildman–Crippen MR) is 68.3 cm³/mol. The minimum Gasteiger partial charge on any atom is -0.480 e. The number of carboxylic acids is 1. The average molecular weight is 253 g/mol. The van der Waals surface area contributed by atoms with E-state index in [9.17, 15) is 9.59 Å². The Labute approximate surface area is 104 Å². The zero-order valence-corrected chi connectivity index (χ0v) is 10.6. The zero-order chi connectivity index (χ0) is 12.8. The number of amides is 1. The zero-order valence-electron chi connectivity index (χ0n) is 9.77. The van der Waals surface area contributed by atoms with Crippen LogP contribution in [0, 0.1) is 0 Å². The number of benzene rings is 1. The molecule has 0 saturated carbocycles. The Morgan fingerprint density at radius 2 is 2.06 bits per heavy atom. The summed E-state index contributed by atoms with van der Waals surface area (Å²) in [5.41, 5.74) is 0.657. The maximum Gasteiger partial charge on any atom is 0.316 e. The first-order chi connectivity index (χ1) is 8.04. The van der Waals surface area contributed by atoms with Gasteiger partial charge in [0.15, 0.2) is 0 Å². The van der Waals surface area contributed by atoms with Gasteiger partial charge < -0.3 is 10.4 Å². The molecule has 1 aromatic carbocycles. The SMILES string of the molecule is CC[C@@H](Sc1ccccc1NC(C)=O)C(=O)O. The van der Waals surface area contributed by atoms with E-state index >= 15 is 0 Å². The van der Waals surface area contributed by atoms with Crippen molar-refractivity contribution in [1.82, 2.24) is 0 Å². The molecule has 1 aromatic rings. The lowest BCUT2D eigenvalue weighted by molar-refractivity contribution is -0.136. The molecule has 1 amide bonds. The summed E-state index contributed by atoms with van der Waals surface area (Å²) in [6.07, 6.45) is 0.536. The molecule has 0 heterocycles. The Morgan fingerprint density at radius 1 is 1.41 bits per heavy atom. The topological polar surface area (TPSA) is 66.4 Å². The van der Waals surface area contributed by atoms with E-state index in [0.717, 1.165) is 4.90 Å². The van der Waals surface area contributed by atoms with Crippen molar-refractivity contribution in [3.05, 3.63) is 24.3 Å². The first-order valence-corrected chi connectivity index (χ1v) is 6.18. The number of anilines is 1. The Kier molecular flexibility index (Phi) is 5.03. The molecule has 4 nitrogen and oxygen atoms in total. The molecule has 0 spiro atoms. The monoisotopic (exact) mass is 253 g/mol. The fourth-order valence-corrected chi connectivity index (χ4v) is 2.30. The van der Waals surface area contributed by atoms with Gasteiger partial charge in [0.2, 0.25) is 5.91 Å². The van der Waals surface area contributed by atoms with E-state index in [1.807, 2.05) is 19.1 Å². The third-order valence-corrected chi connectivity index (χ3v) is 3.54. The quantitative estimate of drug-likeness (QED) is 0.792. The van der Waals surface area contributed by atoms with Crippen molar-refractivity contribution in [3.63, 3.8) is 0 Å². The van der Waals surface area contributed by atoms with Crippen LogP contribution in [0.5, 0.6) is 0 Å². The summed E-state index contributed by atoms with van der Waals surface area (Å²) in [5.74, 6) is -1.00. The molecule has 5 heteroatoms. The van der Waals surface area contributed by atoms with Crippen LogP contribution < -0.4 is 5.32 Å². The molecule has 0 fully saturated rings. The molecule has 92 valence electrons. The van der Waals surface area contributed by atoms with E-state index in [4.69, 9.17) is 5.11 Å². The summed E-state index contributed by atoms with van der Waals surface area (Å²) >= 11 is 1.25. The van der Waals surface area contributed by atoms with Crippen LogP contribution >= 0.6 is 11.8 Å². The summed E-state index contributed by atoms with van der Waals surface area (Å²) in [5, 5.41) is 11.2. The Balaban J connectivity index is 2.89. The second kappa shape index (κ2) is 6.30. The maximum atomic E-state index is 11.0. The fraction of sp³-hybridized carbons (Fsp3) is 0.333. The molecule has 2 N–H and O–H groups in total. The third kappa shape index (κ3) is 4.11. The van der Waals surface area contributed by atoms with Gasteiger partial charge in [-0.1, -0.05) is 19.1 Å². The van der Waals surface area contributed by atoms with Crippen molar-refractivity contribution >= 4 is 29.3 Å². The number of hydrogen-bond donors (Lipinski definition) is 2. The Hall–Kier alpha value is -1.49. The van der Waals surface area contributed by atoms with Gasteiger partial charge in [-0.15, -0.1) is 11.8 Å². The molecule has 1 rings (SSSR count). The molecule has 0 bridgehead atoms. The van der Waals surface area contributed by atoms with E-state index in [2.05, 4.69) is 5.32 Å². The van der Waals surface area contributed by atoms with Crippen molar-refractivity contribution in [1.29, 1.82) is 0 Å². The van der Waals surface area contributed by atoms with Crippen molar-refractivity contribution in [2.24, 2.45) is 0 Å². The number of carbonyl (C=O) groups is 2. The minimum absolute atomic E-state index is 0.165. The summed E-state index contributed by atoms with van der Waals surface area (Å²) in [6, 6.07) is 7.19. The largest absolute Gasteiger partial charge is 0.480 e. The molecule has 0 aliphatic heterocycles. The second-order valence-electron chi connectivity index (χ2n) is 3.53. The van der Waals surface area contributed by atoms with E-state index in [1.165, 1.54) is 18.7 Å². The highest BCUT2D eigenvalue weighted by Crippen LogP contribution is 2.31. The van der Waals surface area contributed by atoms with Crippen LogP contribution in [0.25, 0.3) is 0 Å². The summed E-state index contributed by atoms with van der Waals surface area (Å²) in [4.78, 5) is 22.8. The summed E-state index contributed by atoms with van der Waals surface area (Å²) < 4.78 is 0. The van der Waals surface area contributed by atoms with Crippen LogP contribution in [0.1, 0.15) is 20.3 Å². The number of carbonyl (C=O) groups excluding carboxylic acids is 1. The summed E-state index contributed by atoms with van der Waals surface area (Å²) in [6.45, 7) is 3.25. The maximum absolute atomic E-state index is 11.0. The molecular weight excluding hydrogens is 238 g/mol. The molecule has 0 unspecified atom stereocenters. The van der Waals surface area contributed by atoms with E-state index in [0.29, 0.717) is 12.1 Å². The van der Waals surface area contributed by atoms with Gasteiger partial charge in [-0.05, 0) is 18.6 Å². The van der Waals surface area contributed by atoms with Crippen LogP contribution in [0.4, 0.5) is 5.69 Å². The van der Waals surface area contributed by atoms with E-state index < -0.39 is 11.2 Å². The second-order valence-corrected chi connectivity index (χ2v) is 4.77. The van der Waals surface area contributed by atoms with Gasteiger partial charge in [0, 0.05) is 11.8 Å². The van der Waals surface area contributed by atoms with Crippen molar-refractivity contribution in [2.75, 3.05) is 5.32 Å². The number of rotatable bonds is 5. The number of hydrogen-bond acceptors (Lipinski definition) is 3. The normalized spacial score (nSPS) is 11.9. The van der Waals surface area contributed by atoms with Gasteiger partial charge in [-0.3, -0.25) is 9.59 Å². The van der Waals surface area contributed by atoms with Gasteiger partial charge in [-0.25, -0.2) is 0 Å². The molecule has 0 radical (unpaired) electrons. The standard InChI is InChI=1S/C12H15NO3S/c1-3-10(12(15)16)17-11-7-5-4-6-9(11)13-8(2)14/h4-7,10H,3H2,1-2H3,(H,13,14)(H,15,16)/t10-/m1/s1. The lowest BCUT2D eigenvalue weighted by atomic mass is 10.3. The van der Waals surface area contributed by atoms with Gasteiger partial charge in [0.25, 0.3) is 0 Å². The first-order valence-electron chi connectivity index (χ1n) is 5.30. The molecule has 17 heavy (non-hydrogen) atoms. The van der Waals surface area contributed by atoms with Crippen molar-refractivity contribution < 1.29 is 14.7 Å². The third-order valence-electron chi connectivity index (χ3n) is 2.11. The average Bonchev–Trinajstić information content (AvgIpc) is 2.26. The Morgan fingerprint density at radius 3 is 2.59 bits per heavy atom. The highest BCUT2D eigenvalue weighted by molar-refractivity contribution is 8.00. The molecular formula is C12H15NO3S.